The van der Waals surface area contributed by atoms with E-state index >= 15 is 0 Å². The molecular weight excluding hydrogens is 426 g/mol. The first kappa shape index (κ1) is 21.7. The van der Waals surface area contributed by atoms with Gasteiger partial charge in [0, 0.05) is 60.6 Å². The van der Waals surface area contributed by atoms with Gasteiger partial charge in [-0.2, -0.15) is 0 Å². The van der Waals surface area contributed by atoms with Gasteiger partial charge in [0.15, 0.2) is 0 Å². The van der Waals surface area contributed by atoms with Gasteiger partial charge in [0.2, 0.25) is 0 Å². The maximum atomic E-state index is 12.7. The molecule has 0 unspecified atom stereocenters. The van der Waals surface area contributed by atoms with Gasteiger partial charge in [0.1, 0.15) is 0 Å². The Labute approximate surface area is 198 Å². The van der Waals surface area contributed by atoms with E-state index in [1.165, 1.54) is 5.69 Å². The van der Waals surface area contributed by atoms with Crippen molar-refractivity contribution in [1.82, 2.24) is 10.2 Å². The van der Waals surface area contributed by atoms with Crippen molar-refractivity contribution in [2.75, 3.05) is 49.2 Å². The quantitative estimate of drug-likeness (QED) is 0.319. The van der Waals surface area contributed by atoms with Gasteiger partial charge in [-0.1, -0.05) is 18.2 Å². The van der Waals surface area contributed by atoms with Crippen molar-refractivity contribution < 1.29 is 9.59 Å². The van der Waals surface area contributed by atoms with Crippen molar-refractivity contribution in [3.05, 3.63) is 84.1 Å². The molecule has 0 atom stereocenters. The van der Waals surface area contributed by atoms with Crippen LogP contribution in [-0.4, -0.2) is 49.9 Å². The van der Waals surface area contributed by atoms with Crippen molar-refractivity contribution >= 4 is 34.4 Å². The zero-order valence-corrected chi connectivity index (χ0v) is 19.0. The van der Waals surface area contributed by atoms with Crippen LogP contribution in [0.1, 0.15) is 15.9 Å². The van der Waals surface area contributed by atoms with Gasteiger partial charge in [0.05, 0.1) is 5.57 Å². The van der Waals surface area contributed by atoms with E-state index < -0.39 is 11.8 Å². The van der Waals surface area contributed by atoms with Crippen molar-refractivity contribution in [3.63, 3.8) is 0 Å². The van der Waals surface area contributed by atoms with E-state index in [4.69, 9.17) is 5.73 Å². The number of benzene rings is 3. The molecule has 34 heavy (non-hydrogen) atoms. The number of imide groups is 1. The second-order valence-corrected chi connectivity index (χ2v) is 8.71. The number of piperazine rings is 1. The summed E-state index contributed by atoms with van der Waals surface area (Å²) in [5, 5.41) is 5.66. The minimum absolute atomic E-state index is 0.391. The molecule has 7 heteroatoms. The minimum atomic E-state index is -0.423. The molecule has 0 saturated carbocycles. The number of rotatable bonds is 4. The fourth-order valence-electron chi connectivity index (χ4n) is 4.31. The summed E-state index contributed by atoms with van der Waals surface area (Å²) in [4.78, 5) is 29.8. The van der Waals surface area contributed by atoms with E-state index in [1.807, 2.05) is 48.5 Å². The number of carbonyl (C=O) groups excluding carboxylic acids is 2. The fraction of sp³-hybridized carbons (Fsp3) is 0.185. The molecule has 3 aromatic carbocycles. The Kier molecular flexibility index (Phi) is 5.77. The van der Waals surface area contributed by atoms with E-state index in [9.17, 15) is 9.59 Å². The smallest absolute Gasteiger partial charge is 0.260 e. The van der Waals surface area contributed by atoms with E-state index in [0.29, 0.717) is 22.4 Å². The van der Waals surface area contributed by atoms with E-state index in [1.54, 1.807) is 12.3 Å². The Hall–Kier alpha value is -4.10. The molecule has 1 saturated heterocycles. The number of nitrogens with one attached hydrogen (secondary N) is 2. The first-order chi connectivity index (χ1) is 16.5. The van der Waals surface area contributed by atoms with Gasteiger partial charge in [-0.05, 0) is 66.7 Å². The molecule has 0 aliphatic carbocycles. The Balaban J connectivity index is 1.40. The van der Waals surface area contributed by atoms with Crippen LogP contribution in [0.15, 0.2) is 72.9 Å². The Morgan fingerprint density at radius 3 is 2.21 bits per heavy atom. The summed E-state index contributed by atoms with van der Waals surface area (Å²) in [5.74, 6) is -0.814. The SMILES string of the molecule is CN1CCN(c2ccc(N/C=C3\C(=O)NC(=O)c4ccc(-c5ccc(N)cc5)cc43)cc2)CC1. The van der Waals surface area contributed by atoms with Gasteiger partial charge in [-0.3, -0.25) is 14.9 Å². The van der Waals surface area contributed by atoms with Crippen molar-refractivity contribution in [1.29, 1.82) is 0 Å². The average molecular weight is 454 g/mol. The highest BCUT2D eigenvalue weighted by molar-refractivity contribution is 6.31. The largest absolute Gasteiger partial charge is 0.399 e. The summed E-state index contributed by atoms with van der Waals surface area (Å²) >= 11 is 0. The zero-order valence-electron chi connectivity index (χ0n) is 19.0. The number of hydrogen-bond acceptors (Lipinski definition) is 6. The number of nitrogens with two attached hydrogens (primary N) is 1. The molecule has 2 amide bonds. The fourth-order valence-corrected chi connectivity index (χ4v) is 4.31. The number of amides is 2. The standard InChI is InChI=1S/C27H27N5O2/c1-31-12-14-32(15-13-31)22-9-7-21(8-10-22)29-17-25-24-16-19(18-2-5-20(28)6-3-18)4-11-23(24)26(33)30-27(25)34/h2-11,16-17,29H,12-15,28H2,1H3,(H,30,33,34)/b25-17-. The summed E-state index contributed by atoms with van der Waals surface area (Å²) < 4.78 is 0. The van der Waals surface area contributed by atoms with Crippen LogP contribution in [0.25, 0.3) is 16.7 Å². The third kappa shape index (κ3) is 4.38. The highest BCUT2D eigenvalue weighted by Crippen LogP contribution is 2.30. The molecule has 4 N–H and O–H groups in total. The number of hydrogen-bond donors (Lipinski definition) is 3. The van der Waals surface area contributed by atoms with Gasteiger partial charge in [0.25, 0.3) is 11.8 Å². The predicted molar refractivity (Wildman–Crippen MR) is 137 cm³/mol. The molecule has 5 rings (SSSR count). The lowest BCUT2D eigenvalue weighted by molar-refractivity contribution is -0.114. The topological polar surface area (TPSA) is 90.7 Å². The highest BCUT2D eigenvalue weighted by Gasteiger charge is 2.27. The number of anilines is 3. The van der Waals surface area contributed by atoms with E-state index in [0.717, 1.165) is 43.0 Å². The lowest BCUT2D eigenvalue weighted by atomic mass is 9.91. The Morgan fingerprint density at radius 2 is 1.50 bits per heavy atom. The Bertz CT molecular complexity index is 1260. The van der Waals surface area contributed by atoms with Gasteiger partial charge in [-0.15, -0.1) is 0 Å². The second kappa shape index (κ2) is 9.03. The van der Waals surface area contributed by atoms with Gasteiger partial charge < -0.3 is 20.9 Å². The average Bonchev–Trinajstić information content (AvgIpc) is 2.85. The van der Waals surface area contributed by atoms with Crippen LogP contribution < -0.4 is 21.3 Å². The molecule has 7 nitrogen and oxygen atoms in total. The van der Waals surface area contributed by atoms with E-state index in [-0.39, 0.29) is 0 Å². The molecule has 3 aromatic rings. The van der Waals surface area contributed by atoms with Crippen LogP contribution in [0.4, 0.5) is 17.1 Å². The summed E-state index contributed by atoms with van der Waals surface area (Å²) in [6, 6.07) is 21.2. The molecule has 2 aliphatic rings. The summed E-state index contributed by atoms with van der Waals surface area (Å²) in [5.41, 5.74) is 11.9. The first-order valence-electron chi connectivity index (χ1n) is 11.3. The molecular formula is C27H27N5O2. The first-order valence-corrected chi connectivity index (χ1v) is 11.3. The number of nitrogen functional groups attached to an aromatic ring is 1. The molecule has 1 fully saturated rings. The second-order valence-electron chi connectivity index (χ2n) is 8.71. The number of fused-ring (bicyclic) bond motifs is 1. The summed E-state index contributed by atoms with van der Waals surface area (Å²) in [6.07, 6.45) is 1.66. The molecule has 0 bridgehead atoms. The van der Waals surface area contributed by atoms with Gasteiger partial charge in [-0.25, -0.2) is 0 Å². The van der Waals surface area contributed by atoms with Crippen molar-refractivity contribution in [2.45, 2.75) is 0 Å². The maximum absolute atomic E-state index is 12.7. The van der Waals surface area contributed by atoms with Crippen LogP contribution >= 0.6 is 0 Å². The summed E-state index contributed by atoms with van der Waals surface area (Å²) in [7, 11) is 2.14. The molecule has 2 aliphatic heterocycles. The number of carbonyl (C=O) groups is 2. The monoisotopic (exact) mass is 453 g/mol. The van der Waals surface area contributed by atoms with Crippen LogP contribution in [0.3, 0.4) is 0 Å². The van der Waals surface area contributed by atoms with Crippen LogP contribution in [0, 0.1) is 0 Å². The minimum Gasteiger partial charge on any atom is -0.399 e. The van der Waals surface area contributed by atoms with Crippen LogP contribution in [0.5, 0.6) is 0 Å². The third-order valence-corrected chi connectivity index (χ3v) is 6.39. The maximum Gasteiger partial charge on any atom is 0.260 e. The van der Waals surface area contributed by atoms with Crippen molar-refractivity contribution in [2.24, 2.45) is 0 Å². The van der Waals surface area contributed by atoms with E-state index in [2.05, 4.69) is 39.6 Å². The van der Waals surface area contributed by atoms with Gasteiger partial charge >= 0.3 is 0 Å². The third-order valence-electron chi connectivity index (χ3n) is 6.39. The van der Waals surface area contributed by atoms with Crippen molar-refractivity contribution in [3.8, 4) is 11.1 Å². The zero-order chi connectivity index (χ0) is 23.7. The lowest BCUT2D eigenvalue weighted by Crippen LogP contribution is -2.44. The van der Waals surface area contributed by atoms with Crippen LogP contribution in [0.2, 0.25) is 0 Å². The summed E-state index contributed by atoms with van der Waals surface area (Å²) in [6.45, 7) is 4.12. The molecule has 0 spiro atoms. The molecule has 0 radical (unpaired) electrons. The Morgan fingerprint density at radius 1 is 0.824 bits per heavy atom. The normalized spacial score (nSPS) is 17.4. The van der Waals surface area contributed by atoms with Crippen LogP contribution in [-0.2, 0) is 4.79 Å². The number of nitrogens with zero attached hydrogens (tertiary/aromatic N) is 2. The molecule has 2 heterocycles. The number of likely N-dealkylation sites (N-methyl/N-ethyl adjacent to an activating group) is 1. The molecule has 172 valence electrons. The highest BCUT2D eigenvalue weighted by atomic mass is 16.2. The molecule has 0 aromatic heterocycles. The predicted octanol–water partition coefficient (Wildman–Crippen LogP) is 3.41. The lowest BCUT2D eigenvalue weighted by Gasteiger charge is -2.34.